The van der Waals surface area contributed by atoms with E-state index < -0.39 is 5.72 Å². The van der Waals surface area contributed by atoms with Crippen LogP contribution in [0.15, 0.2) is 10.2 Å². The van der Waals surface area contributed by atoms with Gasteiger partial charge in [0.2, 0.25) is 0 Å². The molecule has 1 atom stereocenters. The maximum absolute atomic E-state index is 9.33. The van der Waals surface area contributed by atoms with Crippen molar-refractivity contribution in [1.29, 1.82) is 10.5 Å². The molecular formula is C9H14N4O. The van der Waals surface area contributed by atoms with Crippen LogP contribution in [0.4, 0.5) is 0 Å². The van der Waals surface area contributed by atoms with Crippen LogP contribution in [-0.2, 0) is 0 Å². The smallest absolute Gasteiger partial charge is 0.277 e. The van der Waals surface area contributed by atoms with Gasteiger partial charge in [-0.25, -0.2) is 0 Å². The topological polar surface area (TPSA) is 92.5 Å². The zero-order chi connectivity index (χ0) is 10.9. The van der Waals surface area contributed by atoms with Gasteiger partial charge in [-0.1, -0.05) is 19.8 Å². The van der Waals surface area contributed by atoms with Crippen molar-refractivity contribution in [3.63, 3.8) is 0 Å². The van der Waals surface area contributed by atoms with Gasteiger partial charge in [0, 0.05) is 0 Å². The van der Waals surface area contributed by atoms with Crippen LogP contribution in [0.2, 0.25) is 0 Å². The standard InChI is InChI=1S/C9H14N4O/c1-2-3-4-7-12-13-9(14,8-11)5-6-10/h14H,2-5,7H2,1H3/b13-12+. The number of rotatable bonds is 6. The van der Waals surface area contributed by atoms with Crippen LogP contribution < -0.4 is 0 Å². The van der Waals surface area contributed by atoms with E-state index in [1.165, 1.54) is 0 Å². The monoisotopic (exact) mass is 194 g/mol. The molecule has 0 aromatic heterocycles. The molecule has 0 bridgehead atoms. The zero-order valence-corrected chi connectivity index (χ0v) is 8.27. The van der Waals surface area contributed by atoms with Gasteiger partial charge in [0.15, 0.2) is 0 Å². The second kappa shape index (κ2) is 6.99. The molecule has 0 aliphatic heterocycles. The Kier molecular flexibility index (Phi) is 6.26. The Morgan fingerprint density at radius 2 is 2.07 bits per heavy atom. The molecule has 0 rings (SSSR count). The molecular weight excluding hydrogens is 180 g/mol. The fourth-order valence-electron chi connectivity index (χ4n) is 0.807. The third kappa shape index (κ3) is 5.23. The molecule has 0 heterocycles. The molecule has 0 aliphatic rings. The van der Waals surface area contributed by atoms with Crippen molar-refractivity contribution in [2.24, 2.45) is 10.2 Å². The summed E-state index contributed by atoms with van der Waals surface area (Å²) in [5, 5.41) is 33.3. The average Bonchev–Trinajstić information content (AvgIpc) is 2.18. The summed E-state index contributed by atoms with van der Waals surface area (Å²) >= 11 is 0. The number of nitriles is 2. The van der Waals surface area contributed by atoms with Crippen molar-refractivity contribution in [3.05, 3.63) is 0 Å². The second-order valence-electron chi connectivity index (χ2n) is 2.94. The highest BCUT2D eigenvalue weighted by molar-refractivity contribution is 5.02. The number of nitrogens with zero attached hydrogens (tertiary/aromatic N) is 4. The van der Waals surface area contributed by atoms with Gasteiger partial charge < -0.3 is 5.11 Å². The van der Waals surface area contributed by atoms with E-state index in [1.807, 2.05) is 0 Å². The van der Waals surface area contributed by atoms with Crippen molar-refractivity contribution in [1.82, 2.24) is 0 Å². The summed E-state index contributed by atoms with van der Waals surface area (Å²) in [6.45, 7) is 2.56. The molecule has 0 saturated heterocycles. The fourth-order valence-corrected chi connectivity index (χ4v) is 0.807. The predicted molar refractivity (Wildman–Crippen MR) is 50.0 cm³/mol. The molecule has 0 fully saturated rings. The Hall–Kier alpha value is -1.46. The van der Waals surface area contributed by atoms with Crippen LogP contribution in [0.3, 0.4) is 0 Å². The minimum Gasteiger partial charge on any atom is -0.356 e. The van der Waals surface area contributed by atoms with Gasteiger partial charge >= 0.3 is 0 Å². The molecule has 0 saturated carbocycles. The molecule has 76 valence electrons. The van der Waals surface area contributed by atoms with E-state index in [0.717, 1.165) is 19.3 Å². The Morgan fingerprint density at radius 1 is 1.36 bits per heavy atom. The maximum atomic E-state index is 9.33. The molecule has 14 heavy (non-hydrogen) atoms. The predicted octanol–water partition coefficient (Wildman–Crippen LogP) is 1.75. The third-order valence-corrected chi connectivity index (χ3v) is 1.60. The maximum Gasteiger partial charge on any atom is 0.277 e. The SMILES string of the molecule is CCCCC/N=N/C(O)(C#N)CC#N. The highest BCUT2D eigenvalue weighted by Crippen LogP contribution is 2.10. The summed E-state index contributed by atoms with van der Waals surface area (Å²) in [6.07, 6.45) is 2.66. The first-order valence-corrected chi connectivity index (χ1v) is 4.57. The van der Waals surface area contributed by atoms with E-state index in [9.17, 15) is 5.11 Å². The van der Waals surface area contributed by atoms with Gasteiger partial charge in [-0.05, 0) is 6.42 Å². The van der Waals surface area contributed by atoms with Gasteiger partial charge in [-0.3, -0.25) is 0 Å². The molecule has 5 nitrogen and oxygen atoms in total. The molecule has 1 N–H and O–H groups in total. The Bertz CT molecular complexity index is 263. The van der Waals surface area contributed by atoms with Crippen LogP contribution in [0.25, 0.3) is 0 Å². The van der Waals surface area contributed by atoms with E-state index >= 15 is 0 Å². The van der Waals surface area contributed by atoms with E-state index in [4.69, 9.17) is 10.5 Å². The van der Waals surface area contributed by atoms with Gasteiger partial charge in [0.05, 0.1) is 12.6 Å². The van der Waals surface area contributed by atoms with Crippen LogP contribution >= 0.6 is 0 Å². The first-order valence-electron chi connectivity index (χ1n) is 4.57. The lowest BCUT2D eigenvalue weighted by Gasteiger charge is -2.07. The molecule has 0 aromatic rings. The van der Waals surface area contributed by atoms with E-state index in [-0.39, 0.29) is 6.42 Å². The number of azo groups is 1. The molecule has 1 unspecified atom stereocenters. The third-order valence-electron chi connectivity index (χ3n) is 1.60. The summed E-state index contributed by atoms with van der Waals surface area (Å²) < 4.78 is 0. The summed E-state index contributed by atoms with van der Waals surface area (Å²) in [6, 6.07) is 3.23. The van der Waals surface area contributed by atoms with Gasteiger partial charge in [0.25, 0.3) is 5.72 Å². The lowest BCUT2D eigenvalue weighted by molar-refractivity contribution is 0.105. The highest BCUT2D eigenvalue weighted by Gasteiger charge is 2.25. The van der Waals surface area contributed by atoms with Crippen molar-refractivity contribution in [3.8, 4) is 12.1 Å². The first kappa shape index (κ1) is 12.5. The van der Waals surface area contributed by atoms with Crippen molar-refractivity contribution < 1.29 is 5.11 Å². The lowest BCUT2D eigenvalue weighted by atomic mass is 10.2. The quantitative estimate of drug-likeness (QED) is 0.396. The number of aliphatic hydroxyl groups is 1. The van der Waals surface area contributed by atoms with Crippen LogP contribution in [0.1, 0.15) is 32.6 Å². The number of unbranched alkanes of at least 4 members (excludes halogenated alkanes) is 2. The molecule has 0 amide bonds. The van der Waals surface area contributed by atoms with Crippen molar-refractivity contribution in [2.45, 2.75) is 38.3 Å². The molecule has 0 radical (unpaired) electrons. The van der Waals surface area contributed by atoms with E-state index in [1.54, 1.807) is 12.1 Å². The second-order valence-corrected chi connectivity index (χ2v) is 2.94. The van der Waals surface area contributed by atoms with Crippen LogP contribution in [0, 0.1) is 22.7 Å². The van der Waals surface area contributed by atoms with E-state index in [2.05, 4.69) is 17.2 Å². The number of hydrogen-bond acceptors (Lipinski definition) is 5. The summed E-state index contributed by atoms with van der Waals surface area (Å²) in [5.74, 6) is 0. The number of hydrogen-bond donors (Lipinski definition) is 1. The minimum absolute atomic E-state index is 0.346. The van der Waals surface area contributed by atoms with Crippen molar-refractivity contribution in [2.75, 3.05) is 6.54 Å². The van der Waals surface area contributed by atoms with Gasteiger partial charge in [-0.2, -0.15) is 15.6 Å². The fraction of sp³-hybridized carbons (Fsp3) is 0.778. The largest absolute Gasteiger partial charge is 0.356 e. The van der Waals surface area contributed by atoms with Crippen molar-refractivity contribution >= 4 is 0 Å². The molecule has 0 aliphatic carbocycles. The molecule has 0 aromatic carbocycles. The van der Waals surface area contributed by atoms with Gasteiger partial charge in [-0.15, -0.1) is 5.11 Å². The summed E-state index contributed by atoms with van der Waals surface area (Å²) in [7, 11) is 0. The Morgan fingerprint density at radius 3 is 2.57 bits per heavy atom. The molecule has 0 spiro atoms. The normalized spacial score (nSPS) is 14.6. The van der Waals surface area contributed by atoms with Crippen LogP contribution in [0.5, 0.6) is 0 Å². The minimum atomic E-state index is -1.96. The first-order chi connectivity index (χ1) is 6.68. The summed E-state index contributed by atoms with van der Waals surface area (Å²) in [4.78, 5) is 0. The average molecular weight is 194 g/mol. The van der Waals surface area contributed by atoms with Gasteiger partial charge in [0.1, 0.15) is 12.5 Å². The lowest BCUT2D eigenvalue weighted by Crippen LogP contribution is -2.21. The summed E-state index contributed by atoms with van der Waals surface area (Å²) in [5.41, 5.74) is -1.96. The van der Waals surface area contributed by atoms with Crippen LogP contribution in [-0.4, -0.2) is 17.4 Å². The zero-order valence-electron chi connectivity index (χ0n) is 8.27. The Labute approximate surface area is 83.7 Å². The Balaban J connectivity index is 3.94. The van der Waals surface area contributed by atoms with E-state index in [0.29, 0.717) is 6.54 Å². The molecule has 5 heteroatoms. The highest BCUT2D eigenvalue weighted by atomic mass is 16.3.